The van der Waals surface area contributed by atoms with Crippen LogP contribution in [0.4, 0.5) is 17.6 Å². The van der Waals surface area contributed by atoms with E-state index < -0.39 is 34.7 Å². The van der Waals surface area contributed by atoms with Gasteiger partial charge in [-0.25, -0.2) is 4.39 Å². The van der Waals surface area contributed by atoms with Crippen molar-refractivity contribution in [2.45, 2.75) is 38.6 Å². The zero-order valence-electron chi connectivity index (χ0n) is 12.6. The lowest BCUT2D eigenvalue weighted by molar-refractivity contribution is -0.153. The van der Waals surface area contributed by atoms with Crippen molar-refractivity contribution in [3.63, 3.8) is 0 Å². The van der Waals surface area contributed by atoms with Crippen molar-refractivity contribution >= 4 is 17.1 Å². The van der Waals surface area contributed by atoms with Gasteiger partial charge in [0.2, 0.25) is 0 Å². The van der Waals surface area contributed by atoms with Crippen molar-refractivity contribution in [1.29, 1.82) is 0 Å². The van der Waals surface area contributed by atoms with Gasteiger partial charge in [-0.1, -0.05) is 4.40 Å². The average molecular weight is 339 g/mol. The number of rotatable bonds is 4. The maximum absolute atomic E-state index is 13.3. The first-order chi connectivity index (χ1) is 9.90. The molecular weight excluding hydrogens is 322 g/mol. The highest BCUT2D eigenvalue weighted by molar-refractivity contribution is 7.91. The molecule has 124 valence electrons. The topological polar surface area (TPSA) is 44.7 Å². The zero-order valence-corrected chi connectivity index (χ0v) is 13.4. The highest BCUT2D eigenvalue weighted by Gasteiger charge is 2.30. The Kier molecular flexibility index (Phi) is 5.86. The molecule has 1 atom stereocenters. The summed E-state index contributed by atoms with van der Waals surface area (Å²) in [5.74, 6) is -0.809. The summed E-state index contributed by atoms with van der Waals surface area (Å²) in [6, 6.07) is 3.09. The lowest BCUT2D eigenvalue weighted by atomic mass is 10.1. The summed E-state index contributed by atoms with van der Waals surface area (Å²) in [6.07, 6.45) is -4.51. The van der Waals surface area contributed by atoms with E-state index in [-0.39, 0.29) is 17.0 Å². The Balaban J connectivity index is 3.11. The van der Waals surface area contributed by atoms with Crippen LogP contribution in [0.2, 0.25) is 0 Å². The molecule has 8 heteroatoms. The fraction of sp³-hybridized carbons (Fsp3) is 0.500. The van der Waals surface area contributed by atoms with Crippen LogP contribution in [0.1, 0.15) is 33.3 Å². The first-order valence-electron chi connectivity index (χ1n) is 6.37. The molecule has 1 rings (SSSR count). The molecule has 1 aromatic carbocycles. The third-order valence-corrected chi connectivity index (χ3v) is 3.95. The van der Waals surface area contributed by atoms with Crippen molar-refractivity contribution in [3.05, 3.63) is 29.6 Å². The standard InChI is InChI=1S/C14H17F4NO2S/c1-9(19-22(20)13(2,3)4)11-7-10(15)5-6-12(11)21-8-14(16,17)18/h5-7H,8H2,1-4H3. The van der Waals surface area contributed by atoms with Gasteiger partial charge in [0.1, 0.15) is 27.7 Å². The van der Waals surface area contributed by atoms with Crippen molar-refractivity contribution in [3.8, 4) is 5.75 Å². The van der Waals surface area contributed by atoms with Crippen LogP contribution in [-0.4, -0.2) is 27.8 Å². The van der Waals surface area contributed by atoms with Crippen LogP contribution >= 0.6 is 0 Å². The molecule has 22 heavy (non-hydrogen) atoms. The van der Waals surface area contributed by atoms with Gasteiger partial charge >= 0.3 is 6.18 Å². The molecule has 0 saturated carbocycles. The van der Waals surface area contributed by atoms with Crippen molar-refractivity contribution in [1.82, 2.24) is 0 Å². The van der Waals surface area contributed by atoms with Gasteiger partial charge in [0.25, 0.3) is 0 Å². The average Bonchev–Trinajstić information content (AvgIpc) is 2.34. The second-order valence-electron chi connectivity index (χ2n) is 5.58. The van der Waals surface area contributed by atoms with Gasteiger partial charge in [-0.3, -0.25) is 0 Å². The molecule has 1 aromatic rings. The number of hydrogen-bond donors (Lipinski definition) is 0. The van der Waals surface area contributed by atoms with E-state index in [2.05, 4.69) is 9.13 Å². The second-order valence-corrected chi connectivity index (χ2v) is 7.49. The fourth-order valence-electron chi connectivity index (χ4n) is 1.38. The highest BCUT2D eigenvalue weighted by atomic mass is 32.2. The summed E-state index contributed by atoms with van der Waals surface area (Å²) in [7, 11) is 0. The predicted octanol–water partition coefficient (Wildman–Crippen LogP) is 4.04. The minimum absolute atomic E-state index is 0.0434. The van der Waals surface area contributed by atoms with Gasteiger partial charge in [0, 0.05) is 5.56 Å². The predicted molar refractivity (Wildman–Crippen MR) is 78.1 cm³/mol. The summed E-state index contributed by atoms with van der Waals surface area (Å²) in [5.41, 5.74) is 0.187. The van der Waals surface area contributed by atoms with E-state index in [4.69, 9.17) is 0 Å². The van der Waals surface area contributed by atoms with Crippen LogP contribution in [0.25, 0.3) is 0 Å². The van der Waals surface area contributed by atoms with Crippen molar-refractivity contribution in [2.24, 2.45) is 4.40 Å². The molecule has 0 aliphatic heterocycles. The molecule has 0 heterocycles. The normalized spacial score (nSPS) is 14.9. The lowest BCUT2D eigenvalue weighted by Crippen LogP contribution is -2.27. The zero-order chi connectivity index (χ0) is 17.1. The quantitative estimate of drug-likeness (QED) is 0.472. The van der Waals surface area contributed by atoms with E-state index in [9.17, 15) is 22.1 Å². The van der Waals surface area contributed by atoms with Gasteiger partial charge < -0.3 is 9.29 Å². The molecule has 0 aliphatic rings. The van der Waals surface area contributed by atoms with Gasteiger partial charge in [-0.2, -0.15) is 13.2 Å². The molecule has 3 nitrogen and oxygen atoms in total. The lowest BCUT2D eigenvalue weighted by Gasteiger charge is -2.19. The molecule has 0 aliphatic carbocycles. The number of hydrogen-bond acceptors (Lipinski definition) is 3. The number of ether oxygens (including phenoxy) is 1. The van der Waals surface area contributed by atoms with Crippen LogP contribution in [0.5, 0.6) is 5.75 Å². The molecule has 0 N–H and O–H groups in total. The minimum atomic E-state index is -4.51. The SMILES string of the molecule is CC(=N[S+]([O-])C(C)(C)C)c1cc(F)ccc1OCC(F)(F)F. The van der Waals surface area contributed by atoms with Crippen LogP contribution in [-0.2, 0) is 11.4 Å². The smallest absolute Gasteiger partial charge is 0.422 e. The van der Waals surface area contributed by atoms with Crippen LogP contribution < -0.4 is 4.74 Å². The Labute approximate surface area is 129 Å². The van der Waals surface area contributed by atoms with E-state index in [0.717, 1.165) is 18.2 Å². The largest absolute Gasteiger partial charge is 0.591 e. The van der Waals surface area contributed by atoms with Crippen LogP contribution in [0.15, 0.2) is 22.6 Å². The third kappa shape index (κ3) is 5.84. The summed E-state index contributed by atoms with van der Waals surface area (Å²) < 4.78 is 70.0. The molecule has 0 amide bonds. The van der Waals surface area contributed by atoms with E-state index >= 15 is 0 Å². The molecule has 0 bridgehead atoms. The maximum Gasteiger partial charge on any atom is 0.422 e. The molecule has 0 spiro atoms. The molecule has 0 radical (unpaired) electrons. The second kappa shape index (κ2) is 6.87. The first-order valence-corrected chi connectivity index (χ1v) is 7.47. The molecule has 1 unspecified atom stereocenters. The molecule has 0 saturated heterocycles. The van der Waals surface area contributed by atoms with Crippen molar-refractivity contribution < 1.29 is 26.9 Å². The Hall–Kier alpha value is -1.28. The molecular formula is C14H17F4NO2S. The number of halogens is 4. The monoisotopic (exact) mass is 339 g/mol. The van der Waals surface area contributed by atoms with E-state index in [1.54, 1.807) is 20.8 Å². The van der Waals surface area contributed by atoms with Gasteiger partial charge in [0.15, 0.2) is 6.61 Å². The summed E-state index contributed by atoms with van der Waals surface area (Å²) >= 11 is -1.62. The van der Waals surface area contributed by atoms with Crippen molar-refractivity contribution in [2.75, 3.05) is 6.61 Å². The fourth-order valence-corrected chi connectivity index (χ4v) is 2.00. The first kappa shape index (κ1) is 18.8. The van der Waals surface area contributed by atoms with Gasteiger partial charge in [0.05, 0.1) is 5.71 Å². The van der Waals surface area contributed by atoms with Crippen LogP contribution in [0.3, 0.4) is 0 Å². The minimum Gasteiger partial charge on any atom is -0.591 e. The summed E-state index contributed by atoms with van der Waals surface area (Å²) in [4.78, 5) is 0. The Bertz CT molecular complexity index is 553. The van der Waals surface area contributed by atoms with E-state index in [1.807, 2.05) is 0 Å². The Morgan fingerprint density at radius 2 is 1.86 bits per heavy atom. The van der Waals surface area contributed by atoms with E-state index in [1.165, 1.54) is 6.92 Å². The number of benzene rings is 1. The Morgan fingerprint density at radius 1 is 1.27 bits per heavy atom. The maximum atomic E-state index is 13.3. The highest BCUT2D eigenvalue weighted by Crippen LogP contribution is 2.25. The Morgan fingerprint density at radius 3 is 2.36 bits per heavy atom. The van der Waals surface area contributed by atoms with E-state index in [0.29, 0.717) is 0 Å². The number of nitrogens with zero attached hydrogens (tertiary/aromatic N) is 1. The molecule has 0 fully saturated rings. The third-order valence-electron chi connectivity index (χ3n) is 2.47. The molecule has 0 aromatic heterocycles. The van der Waals surface area contributed by atoms with Gasteiger partial charge in [-0.05, 0) is 45.9 Å². The summed E-state index contributed by atoms with van der Waals surface area (Å²) in [5, 5.41) is 0. The van der Waals surface area contributed by atoms with Crippen LogP contribution in [0, 0.1) is 5.82 Å². The number of alkyl halides is 3. The van der Waals surface area contributed by atoms with Gasteiger partial charge in [-0.15, -0.1) is 0 Å². The summed E-state index contributed by atoms with van der Waals surface area (Å²) in [6.45, 7) is 5.05.